The van der Waals surface area contributed by atoms with Crippen molar-refractivity contribution in [2.75, 3.05) is 7.05 Å². The van der Waals surface area contributed by atoms with Gasteiger partial charge in [-0.15, -0.1) is 53.7 Å². The molecule has 147 valence electrons. The summed E-state index contributed by atoms with van der Waals surface area (Å²) in [7, 11) is 2.03. The number of nitrogens with zero attached hydrogens (tertiary/aromatic N) is 3. The van der Waals surface area contributed by atoms with Crippen LogP contribution in [-0.4, -0.2) is 22.6 Å². The van der Waals surface area contributed by atoms with Gasteiger partial charge in [0.2, 0.25) is 0 Å². The average Bonchev–Trinajstić information content (AvgIpc) is 3.14. The normalized spacial score (nSPS) is 12.3. The molecule has 6 rings (SSSR count). The summed E-state index contributed by atoms with van der Waals surface area (Å²) in [5.74, 6) is 0. The maximum absolute atomic E-state index is 4.22. The van der Waals surface area contributed by atoms with Gasteiger partial charge in [-0.1, -0.05) is 27.4 Å². The fourth-order valence-corrected chi connectivity index (χ4v) is 4.44. The Balaban J connectivity index is 0.000000149. The first-order valence-electron chi connectivity index (χ1n) is 9.31. The van der Waals surface area contributed by atoms with E-state index in [4.69, 9.17) is 0 Å². The molecule has 0 amide bonds. The molecule has 2 aliphatic rings. The van der Waals surface area contributed by atoms with E-state index in [2.05, 4.69) is 52.0 Å². The maximum Gasteiger partial charge on any atom is 0.494 e. The van der Waals surface area contributed by atoms with Crippen LogP contribution < -0.4 is 4.58 Å². The van der Waals surface area contributed by atoms with Gasteiger partial charge < -0.3 is 4.98 Å². The first-order valence-corrected chi connectivity index (χ1v) is 10.1. The largest absolute Gasteiger partial charge is 0.494 e. The molecule has 0 N–H and O–H groups in total. The van der Waals surface area contributed by atoms with Crippen LogP contribution in [0.3, 0.4) is 0 Å². The van der Waals surface area contributed by atoms with E-state index in [1.165, 1.54) is 21.2 Å². The van der Waals surface area contributed by atoms with Gasteiger partial charge in [0.05, 0.1) is 4.90 Å². The van der Waals surface area contributed by atoms with Gasteiger partial charge in [0, 0.05) is 32.4 Å². The van der Waals surface area contributed by atoms with Crippen molar-refractivity contribution in [1.29, 1.82) is 0 Å². The molecule has 1 radical (unpaired) electrons. The zero-order chi connectivity index (χ0) is 19.6. The SMILES string of the molecule is C[N+]1=C=[N+]2c3[c-]cccc3Sc3cccc1c32.[Ir].[c-]1ccccc1-c1ccccn1. The summed E-state index contributed by atoms with van der Waals surface area (Å²) in [6, 6.07) is 36.0. The molecule has 0 saturated carbocycles. The molecule has 0 saturated heterocycles. The Morgan fingerprint density at radius 1 is 0.867 bits per heavy atom. The van der Waals surface area contributed by atoms with E-state index < -0.39 is 0 Å². The fourth-order valence-electron chi connectivity index (χ4n) is 3.37. The van der Waals surface area contributed by atoms with E-state index in [0.717, 1.165) is 16.9 Å². The summed E-state index contributed by atoms with van der Waals surface area (Å²) in [6.07, 6.45) is 1.79. The Morgan fingerprint density at radius 3 is 2.50 bits per heavy atom. The van der Waals surface area contributed by atoms with Crippen LogP contribution >= 0.6 is 11.8 Å². The zero-order valence-corrected chi connectivity index (χ0v) is 19.4. The molecule has 0 bridgehead atoms. The summed E-state index contributed by atoms with van der Waals surface area (Å²) >= 11 is 1.80. The number of benzene rings is 3. The Labute approximate surface area is 193 Å². The molecule has 3 heterocycles. The Hall–Kier alpha value is -2.81. The van der Waals surface area contributed by atoms with Crippen molar-refractivity contribution >= 4 is 34.8 Å². The van der Waals surface area contributed by atoms with Crippen LogP contribution in [0.25, 0.3) is 11.3 Å². The number of hydrogen-bond donors (Lipinski definition) is 0. The van der Waals surface area contributed by atoms with Crippen molar-refractivity contribution in [2.24, 2.45) is 0 Å². The van der Waals surface area contributed by atoms with Crippen LogP contribution in [0.4, 0.5) is 17.1 Å². The van der Waals surface area contributed by atoms with Gasteiger partial charge >= 0.3 is 11.7 Å². The molecule has 0 aliphatic carbocycles. The van der Waals surface area contributed by atoms with Gasteiger partial charge in [0.25, 0.3) is 5.69 Å². The van der Waals surface area contributed by atoms with Crippen molar-refractivity contribution in [3.8, 4) is 11.3 Å². The smallest absolute Gasteiger partial charge is 0.305 e. The fraction of sp³-hybridized carbons (Fsp3) is 0.0400. The summed E-state index contributed by atoms with van der Waals surface area (Å²) in [5, 5.41) is 0. The van der Waals surface area contributed by atoms with Gasteiger partial charge in [-0.05, 0) is 22.7 Å². The molecule has 0 spiro atoms. The van der Waals surface area contributed by atoms with Crippen molar-refractivity contribution in [3.05, 3.63) is 97.2 Å². The molecular weight excluding hydrogens is 567 g/mol. The third-order valence-corrected chi connectivity index (χ3v) is 5.80. The zero-order valence-electron chi connectivity index (χ0n) is 16.2. The average molecular weight is 584 g/mol. The molecule has 0 atom stereocenters. The van der Waals surface area contributed by atoms with E-state index in [-0.39, 0.29) is 20.1 Å². The standard InChI is InChI=1S/C14H9N2S.C11H8N.Ir/c1-15-9-16-10-5-2-3-7-12(10)17-13-8-4-6-11(15)14(13)16;1-2-6-10(7-3-1)11-8-4-5-9-12-11;/h2-4,6-8H,1H3;1-6,8-9H;/q+1;-1;. The number of para-hydroxylation sites is 2. The van der Waals surface area contributed by atoms with Crippen LogP contribution in [0, 0.1) is 12.1 Å². The van der Waals surface area contributed by atoms with Crippen molar-refractivity contribution < 1.29 is 24.7 Å². The van der Waals surface area contributed by atoms with E-state index in [0.29, 0.717) is 0 Å². The third-order valence-electron chi connectivity index (χ3n) is 4.70. The molecule has 4 aromatic rings. The Morgan fingerprint density at radius 2 is 1.70 bits per heavy atom. The van der Waals surface area contributed by atoms with Crippen LogP contribution in [0.15, 0.2) is 94.9 Å². The first-order chi connectivity index (χ1) is 14.3. The minimum absolute atomic E-state index is 0. The van der Waals surface area contributed by atoms with Crippen molar-refractivity contribution in [3.63, 3.8) is 0 Å². The monoisotopic (exact) mass is 584 g/mol. The second kappa shape index (κ2) is 8.91. The topological polar surface area (TPSA) is 18.9 Å². The van der Waals surface area contributed by atoms with Crippen LogP contribution in [-0.2, 0) is 20.1 Å². The molecule has 30 heavy (non-hydrogen) atoms. The maximum atomic E-state index is 4.22. The van der Waals surface area contributed by atoms with Gasteiger partial charge in [0.15, 0.2) is 7.05 Å². The van der Waals surface area contributed by atoms with E-state index in [9.17, 15) is 0 Å². The van der Waals surface area contributed by atoms with Crippen molar-refractivity contribution in [1.82, 2.24) is 9.56 Å². The minimum atomic E-state index is 0. The van der Waals surface area contributed by atoms with Crippen molar-refractivity contribution in [2.45, 2.75) is 9.79 Å². The van der Waals surface area contributed by atoms with Crippen LogP contribution in [0.1, 0.15) is 0 Å². The second-order valence-corrected chi connectivity index (χ2v) is 7.68. The third kappa shape index (κ3) is 3.81. The molecule has 2 aliphatic heterocycles. The summed E-state index contributed by atoms with van der Waals surface area (Å²) < 4.78 is 4.14. The quantitative estimate of drug-likeness (QED) is 0.184. The summed E-state index contributed by atoms with van der Waals surface area (Å²) in [4.78, 5) is 6.74. The minimum Gasteiger partial charge on any atom is -0.305 e. The van der Waals surface area contributed by atoms with E-state index >= 15 is 0 Å². The number of hydrogen-bond acceptors (Lipinski definition) is 2. The molecule has 3 nitrogen and oxygen atoms in total. The van der Waals surface area contributed by atoms with Gasteiger partial charge in [-0.25, -0.2) is 0 Å². The van der Waals surface area contributed by atoms with Gasteiger partial charge in [0.1, 0.15) is 5.69 Å². The molecule has 3 aromatic carbocycles. The Bertz CT molecular complexity index is 1230. The molecule has 1 aromatic heterocycles. The number of pyridine rings is 1. The predicted molar refractivity (Wildman–Crippen MR) is 117 cm³/mol. The molecular formula is C25H17IrN3S. The van der Waals surface area contributed by atoms with E-state index in [1.807, 2.05) is 66.2 Å². The number of aromatic nitrogens is 1. The second-order valence-electron chi connectivity index (χ2n) is 6.59. The molecule has 0 fully saturated rings. The number of rotatable bonds is 1. The number of fused-ring (bicyclic) bond motifs is 2. The van der Waals surface area contributed by atoms with E-state index in [1.54, 1.807) is 18.0 Å². The van der Waals surface area contributed by atoms with Gasteiger partial charge in [-0.3, -0.25) is 0 Å². The van der Waals surface area contributed by atoms with Crippen LogP contribution in [0.2, 0.25) is 0 Å². The Kier molecular flexibility index (Phi) is 6.08. The summed E-state index contributed by atoms with van der Waals surface area (Å²) in [5.41, 5.74) is 5.55. The first kappa shape index (κ1) is 20.5. The van der Waals surface area contributed by atoms with Gasteiger partial charge in [-0.2, -0.15) is 18.2 Å². The molecule has 5 heteroatoms. The summed E-state index contributed by atoms with van der Waals surface area (Å²) in [6.45, 7) is 0. The molecule has 0 unspecified atom stereocenters. The van der Waals surface area contributed by atoms with Crippen LogP contribution in [0.5, 0.6) is 0 Å². The predicted octanol–water partition coefficient (Wildman–Crippen LogP) is 5.79.